The molecule has 4 nitrogen and oxygen atoms in total. The van der Waals surface area contributed by atoms with Crippen LogP contribution in [0.2, 0.25) is 0 Å². The molecule has 0 heterocycles. The van der Waals surface area contributed by atoms with Crippen LogP contribution in [0, 0.1) is 0 Å². The molecule has 0 aliphatic rings. The molecule has 2 aromatic rings. The molecule has 0 bridgehead atoms. The zero-order valence-electron chi connectivity index (χ0n) is 10.1. The molecule has 0 saturated carbocycles. The van der Waals surface area contributed by atoms with Gasteiger partial charge in [0.05, 0.1) is 12.8 Å². The number of carbonyl (C=O) groups excluding carboxylic acids is 1. The molecule has 4 heteroatoms. The third-order valence-corrected chi connectivity index (χ3v) is 2.42. The second-order valence-corrected chi connectivity index (χ2v) is 3.70. The number of nitrogens with zero attached hydrogens (tertiary/aromatic N) is 1. The number of amides is 1. The summed E-state index contributed by atoms with van der Waals surface area (Å²) in [5.74, 6) is 0. The minimum atomic E-state index is -0.547. The first-order valence-corrected chi connectivity index (χ1v) is 5.74. The third kappa shape index (κ3) is 3.07. The van der Waals surface area contributed by atoms with Crippen LogP contribution in [-0.2, 0) is 4.74 Å². The van der Waals surface area contributed by atoms with Gasteiger partial charge in [0.25, 0.3) is 0 Å². The van der Waals surface area contributed by atoms with Crippen molar-refractivity contribution in [3.63, 3.8) is 0 Å². The van der Waals surface area contributed by atoms with Crippen LogP contribution < -0.4 is 5.43 Å². The lowest BCUT2D eigenvalue weighted by atomic mass is 10.1. The van der Waals surface area contributed by atoms with E-state index in [1.807, 2.05) is 42.5 Å². The van der Waals surface area contributed by atoms with Gasteiger partial charge < -0.3 is 4.74 Å². The molecular weight excluding hydrogens is 228 g/mol. The molecule has 0 radical (unpaired) electrons. The zero-order chi connectivity index (χ0) is 12.8. The van der Waals surface area contributed by atoms with Crippen LogP contribution in [0.3, 0.4) is 0 Å². The fourth-order valence-corrected chi connectivity index (χ4v) is 1.61. The first-order valence-electron chi connectivity index (χ1n) is 5.74. The fourth-order valence-electron chi connectivity index (χ4n) is 1.61. The van der Waals surface area contributed by atoms with Crippen molar-refractivity contribution in [1.29, 1.82) is 0 Å². The van der Waals surface area contributed by atoms with Crippen LogP contribution in [0.5, 0.6) is 0 Å². The standard InChI is InChI=1S/C14H14N2O2/c1-2-18-14(17)16-15-10-11-7-8-12-5-3-4-6-13(12)9-11/h3-10H,2H2,1H3,(H,16,17)/b15-10-. The van der Waals surface area contributed by atoms with E-state index in [4.69, 9.17) is 0 Å². The molecule has 1 amide bonds. The van der Waals surface area contributed by atoms with Crippen molar-refractivity contribution in [2.45, 2.75) is 6.92 Å². The number of hydrazone groups is 1. The van der Waals surface area contributed by atoms with Gasteiger partial charge in [0.15, 0.2) is 0 Å². The van der Waals surface area contributed by atoms with Gasteiger partial charge in [-0.05, 0) is 29.3 Å². The number of carbonyl (C=O) groups is 1. The molecule has 0 atom stereocenters. The molecule has 92 valence electrons. The Morgan fingerprint density at radius 1 is 1.28 bits per heavy atom. The number of rotatable bonds is 3. The zero-order valence-corrected chi connectivity index (χ0v) is 10.1. The highest BCUT2D eigenvalue weighted by atomic mass is 16.5. The predicted octanol–water partition coefficient (Wildman–Crippen LogP) is 2.92. The largest absolute Gasteiger partial charge is 0.449 e. The molecular formula is C14H14N2O2. The van der Waals surface area contributed by atoms with Gasteiger partial charge >= 0.3 is 6.09 Å². The molecule has 1 N–H and O–H groups in total. The Bertz CT molecular complexity index is 579. The van der Waals surface area contributed by atoms with Gasteiger partial charge in [0.1, 0.15) is 0 Å². The maximum absolute atomic E-state index is 11.0. The SMILES string of the molecule is CCOC(=O)N/N=C\c1ccc2ccccc2c1. The molecule has 0 saturated heterocycles. The quantitative estimate of drug-likeness (QED) is 0.664. The van der Waals surface area contributed by atoms with E-state index in [2.05, 4.69) is 15.3 Å². The van der Waals surface area contributed by atoms with Gasteiger partial charge in [-0.3, -0.25) is 0 Å². The first-order chi connectivity index (χ1) is 8.79. The smallest absolute Gasteiger partial charge is 0.427 e. The van der Waals surface area contributed by atoms with E-state index < -0.39 is 6.09 Å². The maximum Gasteiger partial charge on any atom is 0.427 e. The molecule has 0 unspecified atom stereocenters. The Morgan fingerprint density at radius 3 is 2.83 bits per heavy atom. The molecule has 0 fully saturated rings. The monoisotopic (exact) mass is 242 g/mol. The topological polar surface area (TPSA) is 50.7 Å². The van der Waals surface area contributed by atoms with E-state index >= 15 is 0 Å². The van der Waals surface area contributed by atoms with Crippen molar-refractivity contribution in [3.8, 4) is 0 Å². The average molecular weight is 242 g/mol. The summed E-state index contributed by atoms with van der Waals surface area (Å²) in [5.41, 5.74) is 3.21. The van der Waals surface area contributed by atoms with E-state index in [0.29, 0.717) is 6.61 Å². The number of nitrogens with one attached hydrogen (secondary N) is 1. The van der Waals surface area contributed by atoms with Gasteiger partial charge in [-0.15, -0.1) is 0 Å². The van der Waals surface area contributed by atoms with Gasteiger partial charge in [-0.25, -0.2) is 10.2 Å². The number of ether oxygens (including phenoxy) is 1. The van der Waals surface area contributed by atoms with Crippen molar-refractivity contribution < 1.29 is 9.53 Å². The van der Waals surface area contributed by atoms with Gasteiger partial charge in [-0.2, -0.15) is 5.10 Å². The van der Waals surface area contributed by atoms with Crippen molar-refractivity contribution in [1.82, 2.24) is 5.43 Å². The van der Waals surface area contributed by atoms with Crippen LogP contribution in [0.4, 0.5) is 4.79 Å². The Kier molecular flexibility index (Phi) is 3.91. The lowest BCUT2D eigenvalue weighted by Gasteiger charge is -2.00. The van der Waals surface area contributed by atoms with Crippen LogP contribution >= 0.6 is 0 Å². The molecule has 0 aliphatic heterocycles. The van der Waals surface area contributed by atoms with Gasteiger partial charge in [0, 0.05) is 0 Å². The van der Waals surface area contributed by atoms with E-state index in [0.717, 1.165) is 10.9 Å². The molecule has 18 heavy (non-hydrogen) atoms. The summed E-state index contributed by atoms with van der Waals surface area (Å²) in [7, 11) is 0. The van der Waals surface area contributed by atoms with Crippen LogP contribution in [0.1, 0.15) is 12.5 Å². The second kappa shape index (κ2) is 5.82. The number of fused-ring (bicyclic) bond motifs is 1. The Morgan fingerprint density at radius 2 is 2.06 bits per heavy atom. The van der Waals surface area contributed by atoms with Crippen LogP contribution in [0.15, 0.2) is 47.6 Å². The molecule has 0 spiro atoms. The molecule has 2 rings (SSSR count). The Hall–Kier alpha value is -2.36. The van der Waals surface area contributed by atoms with Crippen molar-refractivity contribution in [2.24, 2.45) is 5.10 Å². The summed E-state index contributed by atoms with van der Waals surface area (Å²) in [6.45, 7) is 2.07. The Balaban J connectivity index is 2.07. The summed E-state index contributed by atoms with van der Waals surface area (Å²) < 4.78 is 4.69. The summed E-state index contributed by atoms with van der Waals surface area (Å²) in [4.78, 5) is 11.0. The summed E-state index contributed by atoms with van der Waals surface area (Å²) in [6, 6.07) is 14.0. The first kappa shape index (κ1) is 12.1. The number of benzene rings is 2. The van der Waals surface area contributed by atoms with Crippen molar-refractivity contribution in [2.75, 3.05) is 6.61 Å². The molecule has 0 aliphatic carbocycles. The van der Waals surface area contributed by atoms with E-state index in [1.54, 1.807) is 13.1 Å². The summed E-state index contributed by atoms with van der Waals surface area (Å²) >= 11 is 0. The summed E-state index contributed by atoms with van der Waals surface area (Å²) in [6.07, 6.45) is 1.04. The number of hydrogen-bond donors (Lipinski definition) is 1. The Labute approximate surface area is 105 Å². The highest BCUT2D eigenvalue weighted by molar-refractivity contribution is 5.90. The summed E-state index contributed by atoms with van der Waals surface area (Å²) in [5, 5.41) is 6.13. The lowest BCUT2D eigenvalue weighted by Crippen LogP contribution is -2.18. The number of hydrogen-bond acceptors (Lipinski definition) is 3. The van der Waals surface area contributed by atoms with Crippen LogP contribution in [-0.4, -0.2) is 18.9 Å². The van der Waals surface area contributed by atoms with Gasteiger partial charge in [0.2, 0.25) is 0 Å². The maximum atomic E-state index is 11.0. The van der Waals surface area contributed by atoms with E-state index in [-0.39, 0.29) is 0 Å². The normalized spacial score (nSPS) is 10.7. The predicted molar refractivity (Wildman–Crippen MR) is 71.7 cm³/mol. The fraction of sp³-hybridized carbons (Fsp3) is 0.143. The average Bonchev–Trinajstić information content (AvgIpc) is 2.39. The van der Waals surface area contributed by atoms with Crippen molar-refractivity contribution in [3.05, 3.63) is 48.0 Å². The highest BCUT2D eigenvalue weighted by Gasteiger charge is 1.96. The minimum Gasteiger partial charge on any atom is -0.449 e. The second-order valence-electron chi connectivity index (χ2n) is 3.70. The molecule has 2 aromatic carbocycles. The lowest BCUT2D eigenvalue weighted by molar-refractivity contribution is 0.152. The van der Waals surface area contributed by atoms with E-state index in [9.17, 15) is 4.79 Å². The van der Waals surface area contributed by atoms with Gasteiger partial charge in [-0.1, -0.05) is 36.4 Å². The minimum absolute atomic E-state index is 0.331. The highest BCUT2D eigenvalue weighted by Crippen LogP contribution is 2.14. The third-order valence-electron chi connectivity index (χ3n) is 2.42. The van der Waals surface area contributed by atoms with Crippen LogP contribution in [0.25, 0.3) is 10.8 Å². The van der Waals surface area contributed by atoms with Crippen molar-refractivity contribution >= 4 is 23.1 Å². The molecule has 0 aromatic heterocycles. The van der Waals surface area contributed by atoms with E-state index in [1.165, 1.54) is 5.39 Å².